The minimum atomic E-state index is -1.46. The Hall–Kier alpha value is -4.37. The summed E-state index contributed by atoms with van der Waals surface area (Å²) < 4.78 is 16.2. The lowest BCUT2D eigenvalue weighted by molar-refractivity contribution is -0.126. The summed E-state index contributed by atoms with van der Waals surface area (Å²) in [4.78, 5) is 26.3. The molecule has 0 aliphatic carbocycles. The lowest BCUT2D eigenvalue weighted by Crippen LogP contribution is -2.38. The van der Waals surface area contributed by atoms with Gasteiger partial charge in [0.25, 0.3) is 11.8 Å². The van der Waals surface area contributed by atoms with Crippen molar-refractivity contribution in [3.63, 3.8) is 0 Å². The summed E-state index contributed by atoms with van der Waals surface area (Å²) in [6, 6.07) is 25.2. The second kappa shape index (κ2) is 12.4. The van der Waals surface area contributed by atoms with E-state index in [4.69, 9.17) is 14.0 Å². The highest BCUT2D eigenvalue weighted by molar-refractivity contribution is 6.88. The largest absolute Gasteiger partial charge is 0.497 e. The van der Waals surface area contributed by atoms with Crippen molar-refractivity contribution >= 4 is 30.8 Å². The van der Waals surface area contributed by atoms with E-state index in [0.29, 0.717) is 29.4 Å². The fraction of sp³-hybridized carbons (Fsp3) is 0.233. The van der Waals surface area contributed by atoms with Gasteiger partial charge in [0.2, 0.25) is 5.91 Å². The van der Waals surface area contributed by atoms with E-state index >= 15 is 0 Å². The molecule has 2 N–H and O–H groups in total. The van der Waals surface area contributed by atoms with Crippen LogP contribution in [-0.4, -0.2) is 32.2 Å². The molecule has 4 aromatic rings. The fourth-order valence-electron chi connectivity index (χ4n) is 3.91. The van der Waals surface area contributed by atoms with Gasteiger partial charge in [-0.2, -0.15) is 0 Å². The molecule has 1 atom stereocenters. The number of anilines is 1. The molecule has 1 heterocycles. The molecular weight excluding hydrogens is 510 g/mol. The Morgan fingerprint density at radius 2 is 1.64 bits per heavy atom. The molecule has 0 radical (unpaired) electrons. The Bertz CT molecular complexity index is 1380. The highest BCUT2D eigenvalue weighted by Crippen LogP contribution is 2.21. The molecule has 0 aliphatic heterocycles. The summed E-state index contributed by atoms with van der Waals surface area (Å²) in [6.45, 7) is 7.13. The van der Waals surface area contributed by atoms with Gasteiger partial charge >= 0.3 is 0 Å². The van der Waals surface area contributed by atoms with Gasteiger partial charge in [0, 0.05) is 11.8 Å². The van der Waals surface area contributed by atoms with Crippen molar-refractivity contribution < 1.29 is 23.6 Å². The van der Waals surface area contributed by atoms with Crippen LogP contribution in [0.2, 0.25) is 19.6 Å². The van der Waals surface area contributed by atoms with Crippen LogP contribution in [0.5, 0.6) is 11.6 Å². The van der Waals surface area contributed by atoms with Crippen molar-refractivity contribution in [2.75, 3.05) is 12.4 Å². The third-order valence-corrected chi connectivity index (χ3v) is 8.20. The number of carbonyl (C=O) groups excluding carboxylic acids is 2. The SMILES string of the molecule is COc1ccc(C(NC(=O)Cc2cc(OCc3ccccc3)no2)C(=O)Nc2ccc([Si](C)(C)C)cc2)cc1. The van der Waals surface area contributed by atoms with E-state index in [9.17, 15) is 9.59 Å². The van der Waals surface area contributed by atoms with Gasteiger partial charge in [-0.3, -0.25) is 9.59 Å². The number of methoxy groups -OCH3 is 1. The van der Waals surface area contributed by atoms with Crippen molar-refractivity contribution in [3.05, 3.63) is 102 Å². The second-order valence-corrected chi connectivity index (χ2v) is 15.3. The number of hydrogen-bond acceptors (Lipinski definition) is 6. The van der Waals surface area contributed by atoms with Crippen LogP contribution >= 0.6 is 0 Å². The van der Waals surface area contributed by atoms with E-state index in [1.54, 1.807) is 37.4 Å². The van der Waals surface area contributed by atoms with Gasteiger partial charge in [0.15, 0.2) is 0 Å². The molecule has 1 unspecified atom stereocenters. The number of aromatic nitrogens is 1. The first-order valence-electron chi connectivity index (χ1n) is 12.7. The highest BCUT2D eigenvalue weighted by Gasteiger charge is 2.24. The number of benzene rings is 3. The zero-order chi connectivity index (χ0) is 27.8. The van der Waals surface area contributed by atoms with Crippen molar-refractivity contribution in [3.8, 4) is 11.6 Å². The van der Waals surface area contributed by atoms with Crippen LogP contribution in [-0.2, 0) is 22.6 Å². The van der Waals surface area contributed by atoms with Crippen LogP contribution in [0.15, 0.2) is 89.5 Å². The minimum Gasteiger partial charge on any atom is -0.497 e. The van der Waals surface area contributed by atoms with Crippen LogP contribution in [0.1, 0.15) is 22.9 Å². The smallest absolute Gasteiger partial charge is 0.254 e. The molecule has 0 saturated carbocycles. The molecule has 8 nitrogen and oxygen atoms in total. The second-order valence-electron chi connectivity index (χ2n) is 10.2. The first-order chi connectivity index (χ1) is 18.7. The first kappa shape index (κ1) is 27.7. The molecule has 0 saturated heterocycles. The van der Waals surface area contributed by atoms with Crippen LogP contribution in [0.25, 0.3) is 0 Å². The predicted molar refractivity (Wildman–Crippen MR) is 153 cm³/mol. The summed E-state index contributed by atoms with van der Waals surface area (Å²) in [5.74, 6) is 0.500. The van der Waals surface area contributed by atoms with E-state index in [1.165, 1.54) is 5.19 Å². The van der Waals surface area contributed by atoms with E-state index in [2.05, 4.69) is 35.4 Å². The highest BCUT2D eigenvalue weighted by atomic mass is 28.3. The molecule has 0 spiro atoms. The summed E-state index contributed by atoms with van der Waals surface area (Å²) in [5, 5.41) is 10.9. The quantitative estimate of drug-likeness (QED) is 0.262. The monoisotopic (exact) mass is 543 g/mol. The minimum absolute atomic E-state index is 0.105. The summed E-state index contributed by atoms with van der Waals surface area (Å²) in [7, 11) is 0.105. The molecule has 39 heavy (non-hydrogen) atoms. The number of carbonyl (C=O) groups is 2. The van der Waals surface area contributed by atoms with Gasteiger partial charge in [-0.05, 0) is 40.5 Å². The van der Waals surface area contributed by atoms with E-state index < -0.39 is 20.0 Å². The lowest BCUT2D eigenvalue weighted by Gasteiger charge is -2.20. The van der Waals surface area contributed by atoms with Gasteiger partial charge in [-0.25, -0.2) is 0 Å². The molecule has 0 bridgehead atoms. The Morgan fingerprint density at radius 1 is 0.949 bits per heavy atom. The van der Waals surface area contributed by atoms with Crippen LogP contribution in [0.4, 0.5) is 5.69 Å². The van der Waals surface area contributed by atoms with Crippen molar-refractivity contribution in [1.82, 2.24) is 10.5 Å². The predicted octanol–water partition coefficient (Wildman–Crippen LogP) is 4.85. The van der Waals surface area contributed by atoms with E-state index in [1.807, 2.05) is 54.6 Å². The van der Waals surface area contributed by atoms with Crippen molar-refractivity contribution in [1.29, 1.82) is 0 Å². The lowest BCUT2D eigenvalue weighted by atomic mass is 10.1. The zero-order valence-corrected chi connectivity index (χ0v) is 23.6. The summed E-state index contributed by atoms with van der Waals surface area (Å²) >= 11 is 0. The maximum Gasteiger partial charge on any atom is 0.254 e. The molecule has 2 amide bonds. The van der Waals surface area contributed by atoms with Crippen LogP contribution in [0, 0.1) is 0 Å². The average molecular weight is 544 g/mol. The van der Waals surface area contributed by atoms with Gasteiger partial charge in [0.05, 0.1) is 21.6 Å². The Kier molecular flexibility index (Phi) is 8.83. The zero-order valence-electron chi connectivity index (χ0n) is 22.6. The molecule has 0 aliphatic rings. The molecule has 0 fully saturated rings. The number of amides is 2. The van der Waals surface area contributed by atoms with Gasteiger partial charge in [0.1, 0.15) is 24.2 Å². The van der Waals surface area contributed by atoms with Crippen molar-refractivity contribution in [2.45, 2.75) is 38.7 Å². The third-order valence-electron chi connectivity index (χ3n) is 6.14. The normalized spacial score (nSPS) is 11.9. The fourth-order valence-corrected chi connectivity index (χ4v) is 5.08. The van der Waals surface area contributed by atoms with Gasteiger partial charge in [-0.15, -0.1) is 0 Å². The average Bonchev–Trinajstić information content (AvgIpc) is 3.38. The van der Waals surface area contributed by atoms with Gasteiger partial charge in [-0.1, -0.05) is 79.4 Å². The number of hydrogen-bond donors (Lipinski definition) is 2. The molecule has 3 aromatic carbocycles. The molecule has 202 valence electrons. The number of nitrogens with zero attached hydrogens (tertiary/aromatic N) is 1. The van der Waals surface area contributed by atoms with E-state index in [-0.39, 0.29) is 18.2 Å². The maximum absolute atomic E-state index is 13.4. The molecule has 1 aromatic heterocycles. The van der Waals surface area contributed by atoms with Crippen LogP contribution in [0.3, 0.4) is 0 Å². The Balaban J connectivity index is 1.43. The molecule has 9 heteroatoms. The van der Waals surface area contributed by atoms with Gasteiger partial charge < -0.3 is 24.6 Å². The summed E-state index contributed by atoms with van der Waals surface area (Å²) in [5.41, 5.74) is 2.26. The Labute approximate surface area is 229 Å². The topological polar surface area (TPSA) is 103 Å². The molecular formula is C30H33N3O5Si. The number of ether oxygens (including phenoxy) is 2. The summed E-state index contributed by atoms with van der Waals surface area (Å²) in [6.07, 6.45) is -0.105. The van der Waals surface area contributed by atoms with Crippen LogP contribution < -0.4 is 25.3 Å². The Morgan fingerprint density at radius 3 is 2.28 bits per heavy atom. The van der Waals surface area contributed by atoms with Crippen molar-refractivity contribution in [2.24, 2.45) is 0 Å². The standard InChI is InChI=1S/C30H33N3O5Si/c1-36-24-14-10-22(11-15-24)29(30(35)31-23-12-16-26(17-13-23)39(2,3)4)32-27(34)18-25-19-28(33-38-25)37-20-21-8-6-5-7-9-21/h5-17,19,29H,18,20H2,1-4H3,(H,31,35)(H,32,34). The number of rotatable bonds is 11. The first-order valence-corrected chi connectivity index (χ1v) is 16.2. The molecule has 4 rings (SSSR count). The number of nitrogens with one attached hydrogen (secondary N) is 2. The third kappa shape index (κ3) is 7.81. The van der Waals surface area contributed by atoms with E-state index in [0.717, 1.165) is 5.56 Å². The maximum atomic E-state index is 13.4.